The topological polar surface area (TPSA) is 111 Å². The van der Waals surface area contributed by atoms with E-state index in [0.717, 1.165) is 30.0 Å². The van der Waals surface area contributed by atoms with Crippen LogP contribution in [0.2, 0.25) is 0 Å². The summed E-state index contributed by atoms with van der Waals surface area (Å²) in [4.78, 5) is 40.9. The van der Waals surface area contributed by atoms with E-state index < -0.39 is 84.9 Å². The zero-order valence-corrected chi connectivity index (χ0v) is 25.2. The molecular weight excluding hydrogens is 598 g/mol. The van der Waals surface area contributed by atoms with Crippen molar-refractivity contribution in [1.82, 2.24) is 5.32 Å². The summed E-state index contributed by atoms with van der Waals surface area (Å²) in [6.07, 6.45) is -3.49. The number of anilines is 1. The number of aryl methyl sites for hydroxylation is 1. The second-order valence-electron chi connectivity index (χ2n) is 9.67. The molecule has 9 heteroatoms. The molecule has 0 bridgehead atoms. The quantitative estimate of drug-likeness (QED) is 0.209. The molecule has 234 valence electrons. The first-order chi connectivity index (χ1) is 27.1. The molecule has 3 amide bonds. The molecule has 0 radical (unpaired) electrons. The first kappa shape index (κ1) is 20.0. The minimum Gasteiger partial charge on any atom is -0.493 e. The highest BCUT2D eigenvalue weighted by Gasteiger charge is 2.42. The number of carbonyl (C=O) groups excluding carboxylic acids is 3. The fourth-order valence-corrected chi connectivity index (χ4v) is 5.94. The van der Waals surface area contributed by atoms with Crippen LogP contribution in [-0.2, 0) is 16.0 Å². The van der Waals surface area contributed by atoms with E-state index in [0.29, 0.717) is 11.1 Å². The van der Waals surface area contributed by atoms with Gasteiger partial charge in [-0.25, -0.2) is 0 Å². The molecule has 5 rings (SSSR count). The summed E-state index contributed by atoms with van der Waals surface area (Å²) in [5, 5.41) is 0.153. The lowest BCUT2D eigenvalue weighted by atomic mass is 10.1. The largest absolute Gasteiger partial charge is 0.493 e. The smallest absolute Gasteiger partial charge is 0.248 e. The number of nitrogens with one attached hydrogen (secondary N) is 1. The second kappa shape index (κ2) is 15.2. The highest BCUT2D eigenvalue weighted by atomic mass is 32.2. The molecule has 0 unspecified atom stereocenters. The summed E-state index contributed by atoms with van der Waals surface area (Å²) in [6.45, 7) is -1.41. The van der Waals surface area contributed by atoms with E-state index in [2.05, 4.69) is 17.2 Å². The predicted molar refractivity (Wildman–Crippen MR) is 181 cm³/mol. The second-order valence-corrected chi connectivity index (χ2v) is 11.0. The van der Waals surface area contributed by atoms with Gasteiger partial charge >= 0.3 is 0 Å². The van der Waals surface area contributed by atoms with E-state index in [4.69, 9.17) is 31.7 Å². The number of carbonyl (C=O) groups is 3. The molecule has 3 N–H and O–H groups in total. The molecule has 8 nitrogen and oxygen atoms in total. The Morgan fingerprint density at radius 1 is 1.04 bits per heavy atom. The van der Waals surface area contributed by atoms with Gasteiger partial charge in [0.05, 0.1) is 29.9 Å². The number of nitrogens with zero attached hydrogens (tertiary/aromatic N) is 1. The Bertz CT molecular complexity index is 2300. The number of nitrogens with two attached hydrogens (primary N) is 1. The molecular formula is C37H35N3O5S. The first-order valence-corrected chi connectivity index (χ1v) is 14.8. The van der Waals surface area contributed by atoms with Crippen LogP contribution in [0.4, 0.5) is 5.69 Å². The summed E-state index contributed by atoms with van der Waals surface area (Å²) in [5.74, 6) is 2.73. The average molecular weight is 646 g/mol. The number of amides is 3. The van der Waals surface area contributed by atoms with Gasteiger partial charge in [-0.15, -0.1) is 11.8 Å². The fourth-order valence-electron chi connectivity index (χ4n) is 4.49. The van der Waals surface area contributed by atoms with Gasteiger partial charge in [0.2, 0.25) is 17.7 Å². The van der Waals surface area contributed by atoms with Gasteiger partial charge in [-0.3, -0.25) is 19.3 Å². The van der Waals surface area contributed by atoms with Crippen molar-refractivity contribution < 1.29 is 40.3 Å². The monoisotopic (exact) mass is 645 g/mol. The molecule has 1 aliphatic heterocycles. The van der Waals surface area contributed by atoms with Gasteiger partial charge in [0.25, 0.3) is 0 Å². The van der Waals surface area contributed by atoms with Gasteiger partial charge in [-0.1, -0.05) is 54.2 Å². The third-order valence-corrected chi connectivity index (χ3v) is 8.05. The summed E-state index contributed by atoms with van der Waals surface area (Å²) in [6, 6.07) is 13.3. The van der Waals surface area contributed by atoms with Gasteiger partial charge in [-0.05, 0) is 79.0 Å². The molecule has 4 aromatic carbocycles. The van der Waals surface area contributed by atoms with Crippen molar-refractivity contribution in [2.24, 2.45) is 5.73 Å². The van der Waals surface area contributed by atoms with Crippen LogP contribution in [0.15, 0.2) is 96.9 Å². The van der Waals surface area contributed by atoms with Crippen LogP contribution in [-0.4, -0.2) is 43.1 Å². The van der Waals surface area contributed by atoms with E-state index in [1.54, 1.807) is 37.3 Å². The summed E-state index contributed by atoms with van der Waals surface area (Å²) < 4.78 is 107. The highest BCUT2D eigenvalue weighted by Crippen LogP contribution is 2.46. The van der Waals surface area contributed by atoms with Gasteiger partial charge < -0.3 is 20.5 Å². The number of primary amides is 1. The van der Waals surface area contributed by atoms with E-state index in [-0.39, 0.29) is 40.5 Å². The van der Waals surface area contributed by atoms with Crippen LogP contribution in [0.5, 0.6) is 11.5 Å². The first-order valence-electron chi connectivity index (χ1n) is 19.9. The van der Waals surface area contributed by atoms with Crippen molar-refractivity contribution in [3.8, 4) is 23.3 Å². The van der Waals surface area contributed by atoms with Crippen molar-refractivity contribution in [2.45, 2.75) is 30.3 Å². The lowest BCUT2D eigenvalue weighted by Crippen LogP contribution is -2.34. The maximum Gasteiger partial charge on any atom is 0.248 e. The SMILES string of the molecule is [2H]c1c([2H])c([2H])c(C#Cc2ccc([C@@H]3S[C@H](CC(=O)NC([2H])([2H])C([2H])([2H])c4ccc(OC([2H])([2H])[2H])c(OCC)c4)C(=O)N3c3cccc(C(N)=O)c3)cc2)c([2H])c1[2H]. The van der Waals surface area contributed by atoms with Crippen LogP contribution in [0, 0.1) is 11.8 Å². The Hall–Kier alpha value is -5.20. The molecule has 46 heavy (non-hydrogen) atoms. The summed E-state index contributed by atoms with van der Waals surface area (Å²) in [7, 11) is -2.84. The Kier molecular flexibility index (Phi) is 6.62. The highest BCUT2D eigenvalue weighted by molar-refractivity contribution is 8.01. The van der Waals surface area contributed by atoms with Crippen molar-refractivity contribution in [1.29, 1.82) is 0 Å². The molecule has 1 fully saturated rings. The van der Waals surface area contributed by atoms with E-state index in [1.165, 1.54) is 23.1 Å². The van der Waals surface area contributed by atoms with Crippen LogP contribution in [0.1, 0.15) is 67.8 Å². The fraction of sp³-hybridized carbons (Fsp3) is 0.216. The number of methoxy groups -OCH3 is 1. The maximum absolute atomic E-state index is 14.1. The third-order valence-electron chi connectivity index (χ3n) is 6.61. The van der Waals surface area contributed by atoms with Crippen LogP contribution in [0.3, 0.4) is 0 Å². The lowest BCUT2D eigenvalue weighted by molar-refractivity contribution is -0.124. The Balaban J connectivity index is 1.41. The van der Waals surface area contributed by atoms with Gasteiger partial charge in [0.1, 0.15) is 5.37 Å². The number of ether oxygens (including phenoxy) is 2. The normalized spacial score (nSPS) is 20.2. The van der Waals surface area contributed by atoms with E-state index >= 15 is 0 Å². The average Bonchev–Trinajstić information content (AvgIpc) is 3.47. The lowest BCUT2D eigenvalue weighted by Gasteiger charge is -2.24. The van der Waals surface area contributed by atoms with Crippen molar-refractivity contribution in [3.63, 3.8) is 0 Å². The van der Waals surface area contributed by atoms with Crippen molar-refractivity contribution in [2.75, 3.05) is 25.0 Å². The molecule has 0 aromatic heterocycles. The number of benzene rings is 4. The molecule has 0 spiro atoms. The summed E-state index contributed by atoms with van der Waals surface area (Å²) in [5.41, 5.74) is 6.36. The predicted octanol–water partition coefficient (Wildman–Crippen LogP) is 5.49. The molecule has 1 heterocycles. The van der Waals surface area contributed by atoms with Crippen molar-refractivity contribution >= 4 is 35.2 Å². The van der Waals surface area contributed by atoms with E-state index in [1.807, 2.05) is 0 Å². The Labute approximate surface area is 290 Å². The minimum atomic E-state index is -3.06. The maximum atomic E-state index is 14.1. The van der Waals surface area contributed by atoms with Gasteiger partial charge in [-0.2, -0.15) is 0 Å². The standard InChI is InChI=1S/C37H35N3O5S/c1-3-45-32-22-27(16-19-31(32)44-2)20-21-39-34(41)24-33-36(43)40(30-11-7-10-29(23-30)35(38)42)37(46-33)28-17-14-26(15-18-28)13-12-25-8-5-4-6-9-25/h4-11,14-19,22-23,33,37H,3,20-21,24H2,1-2H3,(H2,38,42)(H,39,41)/t33-,37+/m1/s1/i2D3,4D,5D,6D,8D,9D,20D2,21D2. The summed E-state index contributed by atoms with van der Waals surface area (Å²) >= 11 is 1.05. The van der Waals surface area contributed by atoms with Crippen molar-refractivity contribution in [3.05, 3.63) is 125 Å². The van der Waals surface area contributed by atoms with Crippen LogP contribution in [0.25, 0.3) is 0 Å². The minimum absolute atomic E-state index is 0.0510. The molecule has 1 aliphatic rings. The number of hydrogen-bond acceptors (Lipinski definition) is 6. The third kappa shape index (κ3) is 7.89. The Morgan fingerprint density at radius 3 is 2.57 bits per heavy atom. The molecule has 1 saturated heterocycles. The number of hydrogen-bond donors (Lipinski definition) is 2. The van der Waals surface area contributed by atoms with Gasteiger partial charge in [0, 0.05) is 40.8 Å². The molecule has 0 saturated carbocycles. The Morgan fingerprint density at radius 2 is 1.83 bits per heavy atom. The van der Waals surface area contributed by atoms with Gasteiger partial charge in [0.15, 0.2) is 11.5 Å². The number of thioether (sulfide) groups is 1. The zero-order chi connectivity index (χ0) is 42.9. The van der Waals surface area contributed by atoms with E-state index in [9.17, 15) is 14.4 Å². The van der Waals surface area contributed by atoms with Crippen LogP contribution < -0.4 is 25.4 Å². The van der Waals surface area contributed by atoms with Crippen LogP contribution >= 0.6 is 11.8 Å². The molecule has 2 atom stereocenters. The number of rotatable bonds is 11. The zero-order valence-electron chi connectivity index (χ0n) is 36.4. The molecule has 0 aliphatic carbocycles. The molecule has 4 aromatic rings.